The second-order valence-electron chi connectivity index (χ2n) is 7.37. The second kappa shape index (κ2) is 8.42. The number of primary amides is 1. The molecule has 0 bridgehead atoms. The molecule has 3 aromatic rings. The van der Waals surface area contributed by atoms with Crippen LogP contribution in [0.25, 0.3) is 21.5 Å². The van der Waals surface area contributed by atoms with Crippen molar-refractivity contribution in [1.82, 2.24) is 9.29 Å². The molecule has 1 fully saturated rings. The third-order valence-corrected chi connectivity index (χ3v) is 7.56. The minimum atomic E-state index is -0.608. The van der Waals surface area contributed by atoms with Crippen molar-refractivity contribution in [1.29, 1.82) is 5.26 Å². The number of carbonyl (C=O) groups is 1. The van der Waals surface area contributed by atoms with Crippen LogP contribution in [0.3, 0.4) is 0 Å². The van der Waals surface area contributed by atoms with Gasteiger partial charge in [-0.05, 0) is 25.5 Å². The van der Waals surface area contributed by atoms with Gasteiger partial charge in [0.2, 0.25) is 0 Å². The van der Waals surface area contributed by atoms with Crippen LogP contribution in [0, 0.1) is 25.2 Å². The highest BCUT2D eigenvalue weighted by Crippen LogP contribution is 2.44. The van der Waals surface area contributed by atoms with Crippen LogP contribution in [0.15, 0.2) is 10.5 Å². The quantitative estimate of drug-likeness (QED) is 0.559. The summed E-state index contributed by atoms with van der Waals surface area (Å²) in [7, 11) is 0. The number of nitrogens with two attached hydrogens (primary N) is 2. The molecule has 0 unspecified atom stereocenters. The van der Waals surface area contributed by atoms with Crippen LogP contribution < -0.4 is 16.4 Å². The zero-order chi connectivity index (χ0) is 22.3. The van der Waals surface area contributed by atoms with E-state index in [2.05, 4.69) is 22.2 Å². The van der Waals surface area contributed by atoms with Crippen molar-refractivity contribution in [2.75, 3.05) is 42.6 Å². The first-order chi connectivity index (χ1) is 14.8. The van der Waals surface area contributed by atoms with Gasteiger partial charge in [-0.2, -0.15) is 5.26 Å². The van der Waals surface area contributed by atoms with Gasteiger partial charge in [-0.15, -0.1) is 11.3 Å². The summed E-state index contributed by atoms with van der Waals surface area (Å²) >= 11 is 2.97. The van der Waals surface area contributed by atoms with Crippen LogP contribution in [0.5, 0.6) is 0 Å². The van der Waals surface area contributed by atoms with E-state index in [4.69, 9.17) is 20.9 Å². The van der Waals surface area contributed by atoms with Gasteiger partial charge in [-0.3, -0.25) is 4.79 Å². The Hall–Kier alpha value is -2.74. The molecule has 0 aromatic carbocycles. The molecule has 0 radical (unpaired) electrons. The highest BCUT2D eigenvalue weighted by atomic mass is 32.2. The number of aryl methyl sites for hydroxylation is 2. The number of rotatable bonds is 5. The smallest absolute Gasteiger partial charge is 0.260 e. The zero-order valence-electron chi connectivity index (χ0n) is 17.7. The maximum absolute atomic E-state index is 12.0. The first-order valence-electron chi connectivity index (χ1n) is 10.0. The number of hydrogen-bond donors (Lipinski definition) is 2. The number of fused-ring (bicyclic) bond motifs is 1. The molecule has 0 aliphatic carbocycles. The number of nitrogen functional groups attached to an aromatic ring is 1. The van der Waals surface area contributed by atoms with E-state index < -0.39 is 5.91 Å². The summed E-state index contributed by atoms with van der Waals surface area (Å²) in [5, 5.41) is 10.7. The van der Waals surface area contributed by atoms with E-state index in [-0.39, 0.29) is 10.6 Å². The number of carbonyl (C=O) groups excluding carboxylic acids is 1. The largest absolute Gasteiger partial charge is 0.461 e. The Labute approximate surface area is 188 Å². The third kappa shape index (κ3) is 3.73. The van der Waals surface area contributed by atoms with Crippen LogP contribution in [0.2, 0.25) is 0 Å². The van der Waals surface area contributed by atoms with Gasteiger partial charge in [0, 0.05) is 37.3 Å². The Morgan fingerprint density at radius 3 is 2.61 bits per heavy atom. The van der Waals surface area contributed by atoms with Gasteiger partial charge in [0.05, 0.1) is 11.3 Å². The van der Waals surface area contributed by atoms with Crippen molar-refractivity contribution < 1.29 is 9.21 Å². The SMILES string of the molecule is CCSN1CCN(c2nc3sc(C(N)=O)c(N)c3c(-c3cc(C)c(C)o3)c2C#N)CC1. The highest BCUT2D eigenvalue weighted by Gasteiger charge is 2.29. The summed E-state index contributed by atoms with van der Waals surface area (Å²) in [5.74, 6) is 2.32. The first-order valence-corrected chi connectivity index (χ1v) is 11.8. The minimum absolute atomic E-state index is 0.244. The lowest BCUT2D eigenvalue weighted by atomic mass is 10.0. The number of amides is 1. The number of thiophene rings is 1. The molecular formula is C21H24N6O2S2. The van der Waals surface area contributed by atoms with Crippen molar-refractivity contribution in [3.8, 4) is 17.4 Å². The first kappa shape index (κ1) is 21.5. The van der Waals surface area contributed by atoms with Gasteiger partial charge in [0.25, 0.3) is 5.91 Å². The van der Waals surface area contributed by atoms with Gasteiger partial charge in [0.1, 0.15) is 38.7 Å². The lowest BCUT2D eigenvalue weighted by Crippen LogP contribution is -2.44. The van der Waals surface area contributed by atoms with Crippen molar-refractivity contribution in [2.45, 2.75) is 20.8 Å². The summed E-state index contributed by atoms with van der Waals surface area (Å²) in [6.45, 7) is 9.20. The Morgan fingerprint density at radius 1 is 1.35 bits per heavy atom. The van der Waals surface area contributed by atoms with Crippen molar-refractivity contribution in [2.24, 2.45) is 5.73 Å². The summed E-state index contributed by atoms with van der Waals surface area (Å²) in [6, 6.07) is 4.23. The minimum Gasteiger partial charge on any atom is -0.461 e. The lowest BCUT2D eigenvalue weighted by Gasteiger charge is -2.35. The normalized spacial score (nSPS) is 14.8. The Balaban J connectivity index is 1.94. The van der Waals surface area contributed by atoms with E-state index in [1.54, 1.807) is 0 Å². The Bertz CT molecular complexity index is 1180. The van der Waals surface area contributed by atoms with Gasteiger partial charge < -0.3 is 20.8 Å². The molecule has 31 heavy (non-hydrogen) atoms. The molecule has 4 rings (SSSR count). The molecule has 162 valence electrons. The van der Waals surface area contributed by atoms with Gasteiger partial charge in [0.15, 0.2) is 0 Å². The Morgan fingerprint density at radius 2 is 2.06 bits per heavy atom. The highest BCUT2D eigenvalue weighted by molar-refractivity contribution is 7.96. The third-order valence-electron chi connectivity index (χ3n) is 5.46. The molecule has 1 amide bonds. The van der Waals surface area contributed by atoms with Crippen LogP contribution in [0.1, 0.15) is 33.5 Å². The maximum Gasteiger partial charge on any atom is 0.260 e. The Kier molecular flexibility index (Phi) is 5.83. The van der Waals surface area contributed by atoms with Crippen LogP contribution in [0.4, 0.5) is 11.5 Å². The number of aromatic nitrogens is 1. The fraction of sp³-hybridized carbons (Fsp3) is 0.381. The summed E-state index contributed by atoms with van der Waals surface area (Å²) in [4.78, 5) is 19.7. The fourth-order valence-electron chi connectivity index (χ4n) is 3.81. The molecule has 8 nitrogen and oxygen atoms in total. The second-order valence-corrected chi connectivity index (χ2v) is 9.72. The zero-order valence-corrected chi connectivity index (χ0v) is 19.3. The molecule has 4 heterocycles. The van der Waals surface area contributed by atoms with Crippen LogP contribution in [-0.2, 0) is 0 Å². The molecule has 1 aliphatic rings. The molecule has 1 aliphatic heterocycles. The fourth-order valence-corrected chi connectivity index (χ4v) is 5.55. The summed E-state index contributed by atoms with van der Waals surface area (Å²) in [6.07, 6.45) is 0. The standard InChI is InChI=1S/C21H24N6O2S2/c1-4-30-27-7-5-26(6-8-27)20-13(10-22)15(14-9-11(2)12(3)29-14)16-17(23)18(19(24)28)31-21(16)25-20/h9H,4-8,23H2,1-3H3,(H2,24,28). The van der Waals surface area contributed by atoms with Crippen LogP contribution >= 0.6 is 23.3 Å². The lowest BCUT2D eigenvalue weighted by molar-refractivity contribution is 0.100. The van der Waals surface area contributed by atoms with Crippen molar-refractivity contribution >= 4 is 50.9 Å². The van der Waals surface area contributed by atoms with Gasteiger partial charge >= 0.3 is 0 Å². The van der Waals surface area contributed by atoms with Crippen molar-refractivity contribution in [3.63, 3.8) is 0 Å². The molecule has 0 saturated carbocycles. The number of nitriles is 1. The van der Waals surface area contributed by atoms with Gasteiger partial charge in [-0.1, -0.05) is 18.9 Å². The van der Waals surface area contributed by atoms with Gasteiger partial charge in [-0.25, -0.2) is 9.29 Å². The molecular weight excluding hydrogens is 432 g/mol. The van der Waals surface area contributed by atoms with Crippen molar-refractivity contribution in [3.05, 3.63) is 27.8 Å². The number of piperazine rings is 1. The summed E-state index contributed by atoms with van der Waals surface area (Å²) < 4.78 is 8.32. The number of pyridine rings is 1. The molecule has 10 heteroatoms. The summed E-state index contributed by atoms with van der Waals surface area (Å²) in [5.41, 5.74) is 14.1. The van der Waals surface area contributed by atoms with E-state index in [0.29, 0.717) is 32.9 Å². The molecule has 0 atom stereocenters. The number of nitrogens with zero attached hydrogens (tertiary/aromatic N) is 4. The topological polar surface area (TPSA) is 125 Å². The molecule has 3 aromatic heterocycles. The average molecular weight is 457 g/mol. The number of hydrogen-bond acceptors (Lipinski definition) is 9. The van der Waals surface area contributed by atoms with Crippen LogP contribution in [-0.4, -0.2) is 47.1 Å². The average Bonchev–Trinajstić information content (AvgIpc) is 3.26. The predicted molar refractivity (Wildman–Crippen MR) is 126 cm³/mol. The number of furan rings is 1. The van der Waals surface area contributed by atoms with E-state index in [9.17, 15) is 10.1 Å². The van der Waals surface area contributed by atoms with E-state index in [1.165, 1.54) is 0 Å². The molecule has 1 saturated heterocycles. The monoisotopic (exact) mass is 456 g/mol. The molecule has 0 spiro atoms. The van der Waals surface area contributed by atoms with E-state index in [0.717, 1.165) is 54.6 Å². The number of anilines is 2. The molecule has 4 N–H and O–H groups in total. The maximum atomic E-state index is 12.0. The predicted octanol–water partition coefficient (Wildman–Crippen LogP) is 3.52. The van der Waals surface area contributed by atoms with E-state index >= 15 is 0 Å². The van der Waals surface area contributed by atoms with E-state index in [1.807, 2.05) is 31.9 Å².